The van der Waals surface area contributed by atoms with Crippen molar-refractivity contribution in [2.24, 2.45) is 0 Å². The number of ether oxygens (including phenoxy) is 2. The molecule has 0 radical (unpaired) electrons. The van der Waals surface area contributed by atoms with E-state index in [0.29, 0.717) is 12.1 Å². The zero-order valence-electron chi connectivity index (χ0n) is 14.0. The number of esters is 2. The van der Waals surface area contributed by atoms with Gasteiger partial charge in [-0.1, -0.05) is 18.2 Å². The van der Waals surface area contributed by atoms with Gasteiger partial charge in [0.2, 0.25) is 0 Å². The van der Waals surface area contributed by atoms with Gasteiger partial charge in [0.15, 0.2) is 5.57 Å². The van der Waals surface area contributed by atoms with Crippen LogP contribution in [0.2, 0.25) is 0 Å². The zero-order chi connectivity index (χ0) is 17.4. The van der Waals surface area contributed by atoms with Gasteiger partial charge in [0.05, 0.1) is 13.2 Å². The van der Waals surface area contributed by atoms with Gasteiger partial charge in [-0.05, 0) is 38.8 Å². The van der Waals surface area contributed by atoms with Crippen LogP contribution < -0.4 is 5.32 Å². The first-order chi connectivity index (χ1) is 11.7. The number of hydrogen-bond donors (Lipinski definition) is 1. The number of thioether (sulfide) groups is 1. The Hall–Kier alpha value is -1.95. The summed E-state index contributed by atoms with van der Waals surface area (Å²) >= 11 is 1.75. The van der Waals surface area contributed by atoms with Crippen LogP contribution in [0.3, 0.4) is 0 Å². The van der Waals surface area contributed by atoms with Crippen LogP contribution in [-0.2, 0) is 19.1 Å². The van der Waals surface area contributed by atoms with E-state index < -0.39 is 11.9 Å². The molecule has 24 heavy (non-hydrogen) atoms. The van der Waals surface area contributed by atoms with Crippen LogP contribution in [0.5, 0.6) is 0 Å². The molecule has 1 aliphatic rings. The molecule has 1 heterocycles. The molecule has 1 aromatic rings. The maximum absolute atomic E-state index is 12.1. The van der Waals surface area contributed by atoms with E-state index in [1.165, 1.54) is 4.90 Å². The van der Waals surface area contributed by atoms with Gasteiger partial charge in [0, 0.05) is 22.4 Å². The predicted molar refractivity (Wildman–Crippen MR) is 93.6 cm³/mol. The van der Waals surface area contributed by atoms with Gasteiger partial charge < -0.3 is 14.8 Å². The second-order valence-electron chi connectivity index (χ2n) is 5.30. The highest BCUT2D eigenvalue weighted by molar-refractivity contribution is 7.99. The lowest BCUT2D eigenvalue weighted by Crippen LogP contribution is -2.28. The maximum atomic E-state index is 12.1. The Kier molecular flexibility index (Phi) is 7.18. The topological polar surface area (TPSA) is 64.6 Å². The van der Waals surface area contributed by atoms with Gasteiger partial charge in [0.1, 0.15) is 0 Å². The lowest BCUT2D eigenvalue weighted by atomic mass is 10.1. The molecule has 0 unspecified atom stereocenters. The van der Waals surface area contributed by atoms with Crippen LogP contribution in [0.4, 0.5) is 0 Å². The first-order valence-corrected chi connectivity index (χ1v) is 9.16. The minimum absolute atomic E-state index is 0.00547. The van der Waals surface area contributed by atoms with Crippen LogP contribution in [0.1, 0.15) is 26.7 Å². The van der Waals surface area contributed by atoms with Crippen molar-refractivity contribution >= 4 is 23.7 Å². The van der Waals surface area contributed by atoms with Crippen molar-refractivity contribution in [3.05, 3.63) is 41.6 Å². The molecule has 0 bridgehead atoms. The Labute approximate surface area is 146 Å². The molecule has 1 saturated heterocycles. The van der Waals surface area contributed by atoms with E-state index in [0.717, 1.165) is 12.2 Å². The number of nitrogens with one attached hydrogen (secondary N) is 1. The van der Waals surface area contributed by atoms with Crippen LogP contribution in [0.15, 0.2) is 46.5 Å². The summed E-state index contributed by atoms with van der Waals surface area (Å²) in [4.78, 5) is 25.4. The van der Waals surface area contributed by atoms with Crippen LogP contribution >= 0.6 is 11.8 Å². The fraction of sp³-hybridized carbons (Fsp3) is 0.444. The standard InChI is InChI=1S/C18H23NO4S/c1-3-22-17(20)16(18(21)23-4-2)15-11-10-13(19-15)12-24-14-8-6-5-7-9-14/h5-9,13,19H,3-4,10-12H2,1-2H3/t13-/m0/s1. The lowest BCUT2D eigenvalue weighted by molar-refractivity contribution is -0.146. The summed E-state index contributed by atoms with van der Waals surface area (Å²) in [6, 6.07) is 10.4. The molecule has 0 spiro atoms. The van der Waals surface area contributed by atoms with Gasteiger partial charge in [-0.15, -0.1) is 11.8 Å². The molecule has 6 heteroatoms. The highest BCUT2D eigenvalue weighted by atomic mass is 32.2. The summed E-state index contributed by atoms with van der Waals surface area (Å²) in [5.41, 5.74) is 0.636. The average Bonchev–Trinajstić information content (AvgIpc) is 3.03. The Morgan fingerprint density at radius 3 is 2.33 bits per heavy atom. The van der Waals surface area contributed by atoms with Crippen LogP contribution in [-0.4, -0.2) is 36.9 Å². The summed E-state index contributed by atoms with van der Waals surface area (Å²) in [5, 5.41) is 3.30. The Balaban J connectivity index is 2.03. The normalized spacial score (nSPS) is 16.4. The minimum atomic E-state index is -0.616. The molecule has 1 atom stereocenters. The number of benzene rings is 1. The molecule has 0 saturated carbocycles. The van der Waals surface area contributed by atoms with Gasteiger partial charge in [-0.25, -0.2) is 9.59 Å². The van der Waals surface area contributed by atoms with Gasteiger partial charge >= 0.3 is 11.9 Å². The smallest absolute Gasteiger partial charge is 0.347 e. The van der Waals surface area contributed by atoms with Gasteiger partial charge in [0.25, 0.3) is 0 Å². The third-order valence-corrected chi connectivity index (χ3v) is 4.75. The van der Waals surface area contributed by atoms with E-state index in [1.807, 2.05) is 18.2 Å². The molecular formula is C18H23NO4S. The number of carbonyl (C=O) groups excluding carboxylic acids is 2. The fourth-order valence-corrected chi connectivity index (χ4v) is 3.47. The Bertz CT molecular complexity index is 580. The first-order valence-electron chi connectivity index (χ1n) is 8.17. The lowest BCUT2D eigenvalue weighted by Gasteiger charge is -2.13. The van der Waals surface area contributed by atoms with Gasteiger partial charge in [-0.3, -0.25) is 0 Å². The summed E-state index contributed by atoms with van der Waals surface area (Å²) < 4.78 is 10.0. The molecule has 0 amide bonds. The van der Waals surface area contributed by atoms with Crippen molar-refractivity contribution in [3.8, 4) is 0 Å². The zero-order valence-corrected chi connectivity index (χ0v) is 14.9. The summed E-state index contributed by atoms with van der Waals surface area (Å²) in [7, 11) is 0. The number of hydrogen-bond acceptors (Lipinski definition) is 6. The average molecular weight is 349 g/mol. The van der Waals surface area contributed by atoms with Crippen molar-refractivity contribution in [2.45, 2.75) is 37.6 Å². The number of allylic oxidation sites excluding steroid dienone is 1. The Morgan fingerprint density at radius 1 is 1.12 bits per heavy atom. The highest BCUT2D eigenvalue weighted by Gasteiger charge is 2.30. The quantitative estimate of drug-likeness (QED) is 0.268. The summed E-state index contributed by atoms with van der Waals surface area (Å²) in [6.45, 7) is 3.88. The summed E-state index contributed by atoms with van der Waals surface area (Å²) in [6.07, 6.45) is 1.52. The SMILES string of the molecule is CCOC(=O)C(C(=O)OCC)=C1CC[C@@H](CSc2ccccc2)N1. The second-order valence-corrected chi connectivity index (χ2v) is 6.39. The molecule has 130 valence electrons. The molecule has 1 aliphatic heterocycles. The summed E-state index contributed by atoms with van der Waals surface area (Å²) in [5.74, 6) is -0.364. The molecular weight excluding hydrogens is 326 g/mol. The van der Waals surface area contributed by atoms with E-state index in [9.17, 15) is 9.59 Å². The van der Waals surface area contributed by atoms with Crippen molar-refractivity contribution in [3.63, 3.8) is 0 Å². The van der Waals surface area contributed by atoms with Crippen molar-refractivity contribution in [1.82, 2.24) is 5.32 Å². The van der Waals surface area contributed by atoms with E-state index in [1.54, 1.807) is 25.6 Å². The van der Waals surface area contributed by atoms with E-state index >= 15 is 0 Å². The molecule has 1 N–H and O–H groups in total. The molecule has 0 aliphatic carbocycles. The van der Waals surface area contributed by atoms with E-state index in [-0.39, 0.29) is 24.8 Å². The Morgan fingerprint density at radius 2 is 1.75 bits per heavy atom. The molecule has 5 nitrogen and oxygen atoms in total. The van der Waals surface area contributed by atoms with Crippen LogP contribution in [0.25, 0.3) is 0 Å². The van der Waals surface area contributed by atoms with Crippen molar-refractivity contribution < 1.29 is 19.1 Å². The number of carbonyl (C=O) groups is 2. The third-order valence-electron chi connectivity index (χ3n) is 3.58. The minimum Gasteiger partial charge on any atom is -0.462 e. The molecule has 2 rings (SSSR count). The monoisotopic (exact) mass is 349 g/mol. The second kappa shape index (κ2) is 9.37. The first kappa shape index (κ1) is 18.4. The van der Waals surface area contributed by atoms with Crippen LogP contribution in [0, 0.1) is 0 Å². The van der Waals surface area contributed by atoms with E-state index in [2.05, 4.69) is 17.4 Å². The fourth-order valence-electron chi connectivity index (χ4n) is 2.48. The van der Waals surface area contributed by atoms with Gasteiger partial charge in [-0.2, -0.15) is 0 Å². The highest BCUT2D eigenvalue weighted by Crippen LogP contribution is 2.26. The van der Waals surface area contributed by atoms with Crippen molar-refractivity contribution in [1.29, 1.82) is 0 Å². The molecule has 1 aromatic carbocycles. The van der Waals surface area contributed by atoms with E-state index in [4.69, 9.17) is 9.47 Å². The molecule has 1 fully saturated rings. The predicted octanol–water partition coefficient (Wildman–Crippen LogP) is 2.91. The molecule has 0 aromatic heterocycles. The maximum Gasteiger partial charge on any atom is 0.347 e. The third kappa shape index (κ3) is 5.03. The number of rotatable bonds is 7. The van der Waals surface area contributed by atoms with Crippen molar-refractivity contribution in [2.75, 3.05) is 19.0 Å². The largest absolute Gasteiger partial charge is 0.462 e.